The molecular weight excluding hydrogens is 440 g/mol. The highest BCUT2D eigenvalue weighted by molar-refractivity contribution is 7.89. The predicted molar refractivity (Wildman–Crippen MR) is 128 cm³/mol. The molecule has 0 saturated carbocycles. The van der Waals surface area contributed by atoms with E-state index in [1.165, 1.54) is 6.92 Å². The van der Waals surface area contributed by atoms with Gasteiger partial charge < -0.3 is 15.1 Å². The summed E-state index contributed by atoms with van der Waals surface area (Å²) in [7, 11) is -3.68. The van der Waals surface area contributed by atoms with Crippen molar-refractivity contribution in [1.29, 1.82) is 0 Å². The highest BCUT2D eigenvalue weighted by Crippen LogP contribution is 2.33. The molecule has 2 amide bonds. The third kappa shape index (κ3) is 5.51. The number of sulfonamides is 1. The summed E-state index contributed by atoms with van der Waals surface area (Å²) in [5.74, 6) is -0.197. The Kier molecular flexibility index (Phi) is 7.58. The van der Waals surface area contributed by atoms with Crippen molar-refractivity contribution in [3.8, 4) is 0 Å². The number of nitrogens with one attached hydrogen (secondary N) is 1. The van der Waals surface area contributed by atoms with Gasteiger partial charge in [0.15, 0.2) is 0 Å². The molecule has 0 radical (unpaired) electrons. The molecule has 1 N–H and O–H groups in total. The second-order valence-corrected chi connectivity index (χ2v) is 11.4. The maximum Gasteiger partial charge on any atom is 0.253 e. The molecule has 4 rings (SSSR count). The normalized spacial score (nSPS) is 21.1. The van der Waals surface area contributed by atoms with E-state index in [0.29, 0.717) is 44.6 Å². The minimum atomic E-state index is -3.68. The molecular formula is C24H36N4O4S. The zero-order valence-corrected chi connectivity index (χ0v) is 20.4. The lowest BCUT2D eigenvalue weighted by Crippen LogP contribution is -2.46. The maximum atomic E-state index is 13.7. The van der Waals surface area contributed by atoms with Crippen LogP contribution in [-0.2, 0) is 14.8 Å². The van der Waals surface area contributed by atoms with Crippen molar-refractivity contribution in [1.82, 2.24) is 14.5 Å². The Morgan fingerprint density at radius 1 is 0.879 bits per heavy atom. The van der Waals surface area contributed by atoms with Crippen molar-refractivity contribution in [3.05, 3.63) is 23.8 Å². The number of carbonyl (C=O) groups is 2. The Balaban J connectivity index is 1.60. The summed E-state index contributed by atoms with van der Waals surface area (Å²) in [6.07, 6.45) is 7.47. The minimum Gasteiger partial charge on any atom is -0.370 e. The summed E-state index contributed by atoms with van der Waals surface area (Å²) < 4.78 is 29.0. The molecule has 0 bridgehead atoms. The third-order valence-corrected chi connectivity index (χ3v) is 8.95. The van der Waals surface area contributed by atoms with Gasteiger partial charge in [0.05, 0.1) is 5.69 Å². The number of nitrogens with zero attached hydrogens (tertiary/aromatic N) is 3. The van der Waals surface area contributed by atoms with E-state index in [1.807, 2.05) is 6.07 Å². The van der Waals surface area contributed by atoms with E-state index in [0.717, 1.165) is 57.3 Å². The van der Waals surface area contributed by atoms with Crippen molar-refractivity contribution in [2.24, 2.45) is 0 Å². The standard InChI is InChI=1S/C24H36N4O4S/c1-19(29)25-21-10-16-27(17-11-21)24(30)20-8-9-22(26-12-4-2-5-13-26)23(18-20)33(31,32)28-14-6-3-7-15-28/h8-9,18,21H,2-7,10-17H2,1H3,(H,25,29). The summed E-state index contributed by atoms with van der Waals surface area (Å²) in [5, 5.41) is 2.92. The zero-order chi connectivity index (χ0) is 23.4. The number of rotatable bonds is 5. The fraction of sp³-hybridized carbons (Fsp3) is 0.667. The van der Waals surface area contributed by atoms with Crippen LogP contribution in [0.15, 0.2) is 23.1 Å². The van der Waals surface area contributed by atoms with E-state index in [9.17, 15) is 18.0 Å². The largest absolute Gasteiger partial charge is 0.370 e. The van der Waals surface area contributed by atoms with Crippen molar-refractivity contribution in [2.75, 3.05) is 44.2 Å². The van der Waals surface area contributed by atoms with Crippen LogP contribution < -0.4 is 10.2 Å². The molecule has 0 aliphatic carbocycles. The summed E-state index contributed by atoms with van der Waals surface area (Å²) in [6, 6.07) is 5.31. The van der Waals surface area contributed by atoms with E-state index >= 15 is 0 Å². The highest BCUT2D eigenvalue weighted by Gasteiger charge is 2.32. The van der Waals surface area contributed by atoms with Gasteiger partial charge in [-0.15, -0.1) is 0 Å². The monoisotopic (exact) mass is 476 g/mol. The molecule has 3 saturated heterocycles. The summed E-state index contributed by atoms with van der Waals surface area (Å²) in [6.45, 7) is 5.36. The fourth-order valence-electron chi connectivity index (χ4n) is 5.19. The average Bonchev–Trinajstić information content (AvgIpc) is 2.84. The lowest BCUT2D eigenvalue weighted by atomic mass is 10.0. The molecule has 3 fully saturated rings. The van der Waals surface area contributed by atoms with Crippen LogP contribution in [0.2, 0.25) is 0 Å². The lowest BCUT2D eigenvalue weighted by molar-refractivity contribution is -0.119. The van der Waals surface area contributed by atoms with E-state index in [2.05, 4.69) is 10.2 Å². The smallest absolute Gasteiger partial charge is 0.253 e. The van der Waals surface area contributed by atoms with Crippen molar-refractivity contribution >= 4 is 27.5 Å². The molecule has 3 heterocycles. The first-order valence-corrected chi connectivity index (χ1v) is 13.8. The van der Waals surface area contributed by atoms with Gasteiger partial charge in [-0.2, -0.15) is 4.31 Å². The van der Waals surface area contributed by atoms with E-state index < -0.39 is 10.0 Å². The quantitative estimate of drug-likeness (QED) is 0.706. The molecule has 0 unspecified atom stereocenters. The van der Waals surface area contributed by atoms with Gasteiger partial charge in [0, 0.05) is 57.8 Å². The molecule has 0 aromatic heterocycles. The second kappa shape index (κ2) is 10.4. The molecule has 0 atom stereocenters. The molecule has 3 aliphatic rings. The maximum absolute atomic E-state index is 13.7. The highest BCUT2D eigenvalue weighted by atomic mass is 32.2. The van der Waals surface area contributed by atoms with Crippen molar-refractivity contribution in [3.63, 3.8) is 0 Å². The van der Waals surface area contributed by atoms with E-state index in [4.69, 9.17) is 0 Å². The van der Waals surface area contributed by atoms with Crippen molar-refractivity contribution < 1.29 is 18.0 Å². The van der Waals surface area contributed by atoms with Gasteiger partial charge in [-0.25, -0.2) is 8.42 Å². The number of benzene rings is 1. The summed E-state index contributed by atoms with van der Waals surface area (Å²) in [4.78, 5) is 28.8. The van der Waals surface area contributed by atoms with Crippen LogP contribution in [0.3, 0.4) is 0 Å². The Bertz CT molecular complexity index is 961. The van der Waals surface area contributed by atoms with Crippen molar-refractivity contribution in [2.45, 2.75) is 69.2 Å². The molecule has 9 heteroatoms. The van der Waals surface area contributed by atoms with Gasteiger partial charge in [-0.1, -0.05) is 6.42 Å². The van der Waals surface area contributed by atoms with Gasteiger partial charge in [0.2, 0.25) is 15.9 Å². The molecule has 1 aromatic carbocycles. The van der Waals surface area contributed by atoms with Crippen LogP contribution in [0.1, 0.15) is 68.6 Å². The summed E-state index contributed by atoms with van der Waals surface area (Å²) in [5.41, 5.74) is 1.14. The Hall–Kier alpha value is -2.13. The number of anilines is 1. The third-order valence-electron chi connectivity index (χ3n) is 7.03. The van der Waals surface area contributed by atoms with E-state index in [-0.39, 0.29) is 22.8 Å². The topological polar surface area (TPSA) is 90.0 Å². The van der Waals surface area contributed by atoms with Crippen LogP contribution >= 0.6 is 0 Å². The molecule has 182 valence electrons. The van der Waals surface area contributed by atoms with Crippen LogP contribution in [0, 0.1) is 0 Å². The number of hydrogen-bond acceptors (Lipinski definition) is 5. The number of hydrogen-bond donors (Lipinski definition) is 1. The van der Waals surface area contributed by atoms with Gasteiger partial charge in [-0.05, 0) is 63.1 Å². The average molecular weight is 477 g/mol. The Morgan fingerprint density at radius 3 is 2.09 bits per heavy atom. The van der Waals surface area contributed by atoms with E-state index in [1.54, 1.807) is 21.3 Å². The minimum absolute atomic E-state index is 0.0550. The lowest BCUT2D eigenvalue weighted by Gasteiger charge is -2.34. The van der Waals surface area contributed by atoms with Crippen LogP contribution in [0.5, 0.6) is 0 Å². The number of likely N-dealkylation sites (tertiary alicyclic amines) is 1. The second-order valence-electron chi connectivity index (χ2n) is 9.46. The molecule has 3 aliphatic heterocycles. The fourth-order valence-corrected chi connectivity index (χ4v) is 6.95. The predicted octanol–water partition coefficient (Wildman–Crippen LogP) is 2.59. The first-order valence-electron chi connectivity index (χ1n) is 12.3. The number of piperidine rings is 3. The zero-order valence-electron chi connectivity index (χ0n) is 19.6. The molecule has 1 aromatic rings. The van der Waals surface area contributed by atoms with Gasteiger partial charge in [-0.3, -0.25) is 9.59 Å². The molecule has 33 heavy (non-hydrogen) atoms. The first kappa shape index (κ1) is 24.0. The van der Waals surface area contributed by atoms with Gasteiger partial charge in [0.25, 0.3) is 5.91 Å². The number of carbonyl (C=O) groups excluding carboxylic acids is 2. The van der Waals surface area contributed by atoms with Crippen LogP contribution in [0.4, 0.5) is 5.69 Å². The number of amides is 2. The first-order chi connectivity index (χ1) is 15.9. The molecule has 8 nitrogen and oxygen atoms in total. The SMILES string of the molecule is CC(=O)NC1CCN(C(=O)c2ccc(N3CCCCC3)c(S(=O)(=O)N3CCCCC3)c2)CC1. The van der Waals surface area contributed by atoms with Crippen LogP contribution in [0.25, 0.3) is 0 Å². The van der Waals surface area contributed by atoms with Crippen LogP contribution in [-0.4, -0.2) is 74.7 Å². The Morgan fingerprint density at radius 2 is 1.48 bits per heavy atom. The summed E-state index contributed by atoms with van der Waals surface area (Å²) >= 11 is 0. The Labute approximate surface area is 197 Å². The van der Waals surface area contributed by atoms with Gasteiger partial charge in [0.1, 0.15) is 4.90 Å². The molecule has 0 spiro atoms. The van der Waals surface area contributed by atoms with Gasteiger partial charge >= 0.3 is 0 Å².